The van der Waals surface area contributed by atoms with Crippen LogP contribution in [0.5, 0.6) is 5.75 Å². The maximum atomic E-state index is 11.6. The Morgan fingerprint density at radius 1 is 1.17 bits per heavy atom. The molecule has 18 heavy (non-hydrogen) atoms. The van der Waals surface area contributed by atoms with Crippen LogP contribution in [0.15, 0.2) is 53.5 Å². The monoisotopic (exact) mass is 243 g/mol. The fraction of sp³-hybridized carbons (Fsp3) is 0.267. The van der Waals surface area contributed by atoms with E-state index in [1.807, 2.05) is 30.3 Å². The van der Waals surface area contributed by atoms with Gasteiger partial charge in [-0.15, -0.1) is 0 Å². The second-order valence-electron chi connectivity index (χ2n) is 4.16. The summed E-state index contributed by atoms with van der Waals surface area (Å²) in [4.78, 5) is 11.6. The number of rotatable bonds is 5. The molecule has 0 atom stereocenters. The lowest BCUT2D eigenvalue weighted by Crippen LogP contribution is -2.18. The van der Waals surface area contributed by atoms with Crippen LogP contribution in [0.25, 0.3) is 0 Å². The van der Waals surface area contributed by atoms with Gasteiger partial charge in [0, 0.05) is 12.3 Å². The number of ether oxygens (including phenoxy) is 1. The van der Waals surface area contributed by atoms with E-state index >= 15 is 0 Å². The van der Waals surface area contributed by atoms with Gasteiger partial charge in [0.25, 0.3) is 5.56 Å². The molecular weight excluding hydrogens is 226 g/mol. The average molecular weight is 243 g/mol. The molecule has 1 aromatic heterocycles. The normalized spacial score (nSPS) is 10.3. The Balaban J connectivity index is 2.14. The Morgan fingerprint density at radius 3 is 2.83 bits per heavy atom. The molecule has 1 heterocycles. The number of benzene rings is 1. The van der Waals surface area contributed by atoms with Crippen molar-refractivity contribution >= 4 is 0 Å². The minimum atomic E-state index is 0.0115. The van der Waals surface area contributed by atoms with Gasteiger partial charge in [-0.05, 0) is 30.2 Å². The average Bonchev–Trinajstić information content (AvgIpc) is 2.40. The van der Waals surface area contributed by atoms with Gasteiger partial charge in [-0.2, -0.15) is 0 Å². The third-order valence-electron chi connectivity index (χ3n) is 2.62. The van der Waals surface area contributed by atoms with Gasteiger partial charge in [0.15, 0.2) is 0 Å². The van der Waals surface area contributed by atoms with Crippen molar-refractivity contribution in [3.8, 4) is 5.75 Å². The number of pyridine rings is 1. The smallest absolute Gasteiger partial charge is 0.250 e. The van der Waals surface area contributed by atoms with E-state index in [2.05, 4.69) is 6.92 Å². The number of aromatic nitrogens is 1. The van der Waals surface area contributed by atoms with Crippen LogP contribution in [0.1, 0.15) is 18.9 Å². The minimum Gasteiger partial charge on any atom is -0.494 e. The first-order valence-electron chi connectivity index (χ1n) is 6.17. The maximum Gasteiger partial charge on any atom is 0.250 e. The molecule has 0 fully saturated rings. The molecular formula is C15H17NO2. The van der Waals surface area contributed by atoms with Crippen LogP contribution < -0.4 is 10.3 Å². The molecule has 0 aliphatic rings. The van der Waals surface area contributed by atoms with E-state index in [4.69, 9.17) is 4.74 Å². The Morgan fingerprint density at radius 2 is 2.06 bits per heavy atom. The molecule has 0 bridgehead atoms. The molecule has 0 saturated heterocycles. The van der Waals surface area contributed by atoms with E-state index in [1.54, 1.807) is 22.9 Å². The Hall–Kier alpha value is -2.03. The summed E-state index contributed by atoms with van der Waals surface area (Å²) in [5, 5.41) is 0. The molecule has 3 heteroatoms. The largest absolute Gasteiger partial charge is 0.494 e. The first-order chi connectivity index (χ1) is 8.79. The van der Waals surface area contributed by atoms with Crippen molar-refractivity contribution in [2.75, 3.05) is 6.61 Å². The third kappa shape index (κ3) is 3.23. The molecule has 2 aromatic rings. The van der Waals surface area contributed by atoms with E-state index in [0.717, 1.165) is 24.3 Å². The molecule has 0 spiro atoms. The quantitative estimate of drug-likeness (QED) is 0.808. The van der Waals surface area contributed by atoms with Crippen molar-refractivity contribution in [3.05, 3.63) is 64.6 Å². The van der Waals surface area contributed by atoms with Crippen LogP contribution in [-0.4, -0.2) is 11.2 Å². The van der Waals surface area contributed by atoms with Crippen LogP contribution in [0.4, 0.5) is 0 Å². The lowest BCUT2D eigenvalue weighted by Gasteiger charge is -2.08. The van der Waals surface area contributed by atoms with Crippen LogP contribution in [0.2, 0.25) is 0 Å². The minimum absolute atomic E-state index is 0.0115. The number of hydrogen-bond donors (Lipinski definition) is 0. The fourth-order valence-electron chi connectivity index (χ4n) is 1.74. The van der Waals surface area contributed by atoms with E-state index < -0.39 is 0 Å². The van der Waals surface area contributed by atoms with Gasteiger partial charge in [0.1, 0.15) is 5.75 Å². The summed E-state index contributed by atoms with van der Waals surface area (Å²) >= 11 is 0. The highest BCUT2D eigenvalue weighted by molar-refractivity contribution is 5.28. The summed E-state index contributed by atoms with van der Waals surface area (Å²) in [6.07, 6.45) is 2.78. The molecule has 0 unspecified atom stereocenters. The molecule has 0 aliphatic heterocycles. The predicted octanol–water partition coefficient (Wildman–Crippen LogP) is 2.69. The molecule has 3 nitrogen and oxygen atoms in total. The third-order valence-corrected chi connectivity index (χ3v) is 2.62. The summed E-state index contributed by atoms with van der Waals surface area (Å²) in [7, 11) is 0. The standard InChI is InChI=1S/C15H17NO2/c1-2-10-18-14-7-5-6-13(11-14)12-16-9-4-3-8-15(16)17/h3-9,11H,2,10,12H2,1H3. The molecule has 0 N–H and O–H groups in total. The zero-order chi connectivity index (χ0) is 12.8. The van der Waals surface area contributed by atoms with Gasteiger partial charge >= 0.3 is 0 Å². The van der Waals surface area contributed by atoms with Crippen molar-refractivity contribution in [3.63, 3.8) is 0 Å². The van der Waals surface area contributed by atoms with Crippen molar-refractivity contribution in [1.82, 2.24) is 4.57 Å². The second kappa shape index (κ2) is 6.05. The van der Waals surface area contributed by atoms with Gasteiger partial charge in [0.05, 0.1) is 13.2 Å². The summed E-state index contributed by atoms with van der Waals surface area (Å²) in [6, 6.07) is 13.0. The fourth-order valence-corrected chi connectivity index (χ4v) is 1.74. The highest BCUT2D eigenvalue weighted by Gasteiger charge is 1.99. The lowest BCUT2D eigenvalue weighted by atomic mass is 10.2. The number of nitrogens with zero attached hydrogens (tertiary/aromatic N) is 1. The molecule has 1 aromatic carbocycles. The van der Waals surface area contributed by atoms with Crippen molar-refractivity contribution in [1.29, 1.82) is 0 Å². The molecule has 0 radical (unpaired) electrons. The van der Waals surface area contributed by atoms with Crippen molar-refractivity contribution in [2.45, 2.75) is 19.9 Å². The lowest BCUT2D eigenvalue weighted by molar-refractivity contribution is 0.317. The van der Waals surface area contributed by atoms with Gasteiger partial charge in [-0.25, -0.2) is 0 Å². The SMILES string of the molecule is CCCOc1cccc(Cn2ccccc2=O)c1. The summed E-state index contributed by atoms with van der Waals surface area (Å²) in [5.41, 5.74) is 1.08. The van der Waals surface area contributed by atoms with Crippen LogP contribution in [-0.2, 0) is 6.54 Å². The highest BCUT2D eigenvalue weighted by Crippen LogP contribution is 2.14. The Bertz CT molecular complexity index is 560. The van der Waals surface area contributed by atoms with Gasteiger partial charge in [-0.3, -0.25) is 4.79 Å². The van der Waals surface area contributed by atoms with Gasteiger partial charge < -0.3 is 9.30 Å². The van der Waals surface area contributed by atoms with Gasteiger partial charge in [-0.1, -0.05) is 25.1 Å². The zero-order valence-electron chi connectivity index (χ0n) is 10.5. The molecule has 2 rings (SSSR count). The topological polar surface area (TPSA) is 31.2 Å². The molecule has 0 saturated carbocycles. The Labute approximate surface area is 107 Å². The van der Waals surface area contributed by atoms with E-state index in [1.165, 1.54) is 0 Å². The maximum absolute atomic E-state index is 11.6. The van der Waals surface area contributed by atoms with E-state index in [9.17, 15) is 4.79 Å². The molecule has 0 amide bonds. The summed E-state index contributed by atoms with van der Waals surface area (Å²) in [6.45, 7) is 3.37. The summed E-state index contributed by atoms with van der Waals surface area (Å²) in [5.74, 6) is 0.860. The number of hydrogen-bond acceptors (Lipinski definition) is 2. The Kier molecular flexibility index (Phi) is 4.18. The molecule has 94 valence electrons. The van der Waals surface area contributed by atoms with Crippen molar-refractivity contribution in [2.24, 2.45) is 0 Å². The van der Waals surface area contributed by atoms with Crippen molar-refractivity contribution < 1.29 is 4.74 Å². The van der Waals surface area contributed by atoms with Crippen LogP contribution in [0.3, 0.4) is 0 Å². The molecule has 0 aliphatic carbocycles. The van der Waals surface area contributed by atoms with Crippen LogP contribution in [0, 0.1) is 0 Å². The first kappa shape index (κ1) is 12.4. The van der Waals surface area contributed by atoms with E-state index in [-0.39, 0.29) is 5.56 Å². The highest BCUT2D eigenvalue weighted by atomic mass is 16.5. The zero-order valence-corrected chi connectivity index (χ0v) is 10.5. The second-order valence-corrected chi connectivity index (χ2v) is 4.16. The summed E-state index contributed by atoms with van der Waals surface area (Å²) < 4.78 is 7.26. The van der Waals surface area contributed by atoms with Crippen LogP contribution >= 0.6 is 0 Å². The van der Waals surface area contributed by atoms with E-state index in [0.29, 0.717) is 6.54 Å². The predicted molar refractivity (Wildman–Crippen MR) is 72.0 cm³/mol. The van der Waals surface area contributed by atoms with Gasteiger partial charge in [0.2, 0.25) is 0 Å². The first-order valence-corrected chi connectivity index (χ1v) is 6.17.